The number of nitrogens with zero attached hydrogens (tertiary/aromatic N) is 4. The van der Waals surface area contributed by atoms with Crippen LogP contribution in [0.4, 0.5) is 20.7 Å². The molecule has 1 aromatic carbocycles. The van der Waals surface area contributed by atoms with Crippen molar-refractivity contribution in [1.82, 2.24) is 19.8 Å². The first-order valence-corrected chi connectivity index (χ1v) is 10.2. The van der Waals surface area contributed by atoms with Gasteiger partial charge < -0.3 is 19.9 Å². The Bertz CT molecular complexity index is 1260. The van der Waals surface area contributed by atoms with Crippen LogP contribution >= 0.6 is 11.6 Å². The summed E-state index contributed by atoms with van der Waals surface area (Å²) in [6.07, 6.45) is -0.480. The van der Waals surface area contributed by atoms with E-state index in [2.05, 4.69) is 15.6 Å². The molecule has 0 saturated carbocycles. The Morgan fingerprint density at radius 1 is 1.38 bits per heavy atom. The summed E-state index contributed by atoms with van der Waals surface area (Å²) < 4.78 is 26.8. The SMILES string of the molecule is Cc1cc(-c2cc(N)n(CC(=O)N3CC[C@@]4(C3)OC(=O)Nc3ccc(Cl)c(F)c34)n2)no1. The summed E-state index contributed by atoms with van der Waals surface area (Å²) in [5.41, 5.74) is 6.10. The molecule has 10 nitrogen and oxygen atoms in total. The molecule has 4 heterocycles. The number of hydrogen-bond acceptors (Lipinski definition) is 7. The standard InChI is InChI=1S/C20H18ClFN6O4/c1-10-6-14(26-32-10)13-7-15(23)28(25-13)8-16(29)27-5-4-20(9-27)17-12(24-19(30)31-20)3-2-11(21)18(17)22/h2-3,6-7H,4-5,8-9,23H2,1H3,(H,24,30)/t20-/m0/s1. The fourth-order valence-electron chi connectivity index (χ4n) is 4.14. The lowest BCUT2D eigenvalue weighted by Crippen LogP contribution is -2.44. The molecule has 1 saturated heterocycles. The van der Waals surface area contributed by atoms with Gasteiger partial charge in [-0.25, -0.2) is 13.9 Å². The molecule has 2 amide bonds. The first kappa shape index (κ1) is 20.3. The van der Waals surface area contributed by atoms with Crippen molar-refractivity contribution in [3.8, 4) is 11.4 Å². The quantitative estimate of drug-likeness (QED) is 0.614. The molecule has 2 aliphatic heterocycles. The number of nitrogens with two attached hydrogens (primary N) is 1. The van der Waals surface area contributed by atoms with E-state index in [0.717, 1.165) is 0 Å². The first-order valence-electron chi connectivity index (χ1n) is 9.79. The number of aryl methyl sites for hydroxylation is 1. The predicted molar refractivity (Wildman–Crippen MR) is 111 cm³/mol. The molecular weight excluding hydrogens is 443 g/mol. The zero-order valence-corrected chi connectivity index (χ0v) is 17.6. The maximum absolute atomic E-state index is 14.9. The van der Waals surface area contributed by atoms with Crippen LogP contribution in [0.5, 0.6) is 0 Å². The normalized spacial score (nSPS) is 19.7. The molecule has 0 aliphatic carbocycles. The molecule has 5 rings (SSSR count). The first-order chi connectivity index (χ1) is 15.3. The second-order valence-electron chi connectivity index (χ2n) is 7.79. The number of nitrogens with one attached hydrogen (secondary N) is 1. The topological polar surface area (TPSA) is 129 Å². The summed E-state index contributed by atoms with van der Waals surface area (Å²) in [5.74, 6) is -0.0875. The maximum Gasteiger partial charge on any atom is 0.412 e. The average Bonchev–Trinajstić information content (AvgIpc) is 3.44. The Kier molecular flexibility index (Phi) is 4.59. The number of nitrogen functional groups attached to an aromatic ring is 1. The van der Waals surface area contributed by atoms with Gasteiger partial charge in [0.05, 0.1) is 22.8 Å². The molecular formula is C20H18ClFN6O4. The highest BCUT2D eigenvalue weighted by atomic mass is 35.5. The fraction of sp³-hybridized carbons (Fsp3) is 0.300. The van der Waals surface area contributed by atoms with Gasteiger partial charge >= 0.3 is 6.09 Å². The van der Waals surface area contributed by atoms with Gasteiger partial charge in [0.15, 0.2) is 11.4 Å². The number of halogens is 2. The summed E-state index contributed by atoms with van der Waals surface area (Å²) in [5, 5.41) is 10.6. The minimum atomic E-state index is -1.32. The summed E-state index contributed by atoms with van der Waals surface area (Å²) >= 11 is 5.96. The van der Waals surface area contributed by atoms with E-state index >= 15 is 0 Å². The molecule has 32 heavy (non-hydrogen) atoms. The van der Waals surface area contributed by atoms with E-state index in [1.54, 1.807) is 19.1 Å². The van der Waals surface area contributed by atoms with E-state index < -0.39 is 17.5 Å². The van der Waals surface area contributed by atoms with Crippen LogP contribution in [-0.2, 0) is 21.7 Å². The van der Waals surface area contributed by atoms with Gasteiger partial charge in [0.25, 0.3) is 0 Å². The number of carbonyl (C=O) groups excluding carboxylic acids is 2. The van der Waals surface area contributed by atoms with Gasteiger partial charge in [-0.1, -0.05) is 16.8 Å². The number of amides is 2. The zero-order chi connectivity index (χ0) is 22.6. The Balaban J connectivity index is 1.38. The van der Waals surface area contributed by atoms with Crippen LogP contribution in [0.1, 0.15) is 17.7 Å². The molecule has 2 aliphatic rings. The van der Waals surface area contributed by atoms with Crippen LogP contribution in [0.2, 0.25) is 5.02 Å². The summed E-state index contributed by atoms with van der Waals surface area (Å²) in [6.45, 7) is 1.86. The smallest absolute Gasteiger partial charge is 0.412 e. The number of carbonyl (C=O) groups is 2. The highest BCUT2D eigenvalue weighted by Gasteiger charge is 2.50. The highest BCUT2D eigenvalue weighted by Crippen LogP contribution is 2.45. The molecule has 2 aromatic heterocycles. The van der Waals surface area contributed by atoms with Gasteiger partial charge in [0.1, 0.15) is 29.5 Å². The molecule has 0 radical (unpaired) electrons. The number of anilines is 2. The Labute approximate surface area is 186 Å². The van der Waals surface area contributed by atoms with Crippen LogP contribution in [0.15, 0.2) is 28.8 Å². The van der Waals surface area contributed by atoms with E-state index in [-0.39, 0.29) is 54.1 Å². The largest absolute Gasteiger partial charge is 0.436 e. The number of rotatable bonds is 3. The fourth-order valence-corrected chi connectivity index (χ4v) is 4.30. The van der Waals surface area contributed by atoms with Gasteiger partial charge in [0, 0.05) is 25.1 Å². The van der Waals surface area contributed by atoms with Crippen molar-refractivity contribution in [2.75, 3.05) is 24.1 Å². The lowest BCUT2D eigenvalue weighted by molar-refractivity contribution is -0.132. The minimum absolute atomic E-state index is 0.0139. The number of ether oxygens (including phenoxy) is 1. The molecule has 1 atom stereocenters. The number of aromatic nitrogens is 3. The van der Waals surface area contributed by atoms with Crippen molar-refractivity contribution >= 4 is 35.1 Å². The maximum atomic E-state index is 14.9. The van der Waals surface area contributed by atoms with E-state index in [1.807, 2.05) is 0 Å². The average molecular weight is 461 g/mol. The molecule has 0 bridgehead atoms. The predicted octanol–water partition coefficient (Wildman–Crippen LogP) is 2.91. The lowest BCUT2D eigenvalue weighted by Gasteiger charge is -2.35. The van der Waals surface area contributed by atoms with Crippen LogP contribution < -0.4 is 11.1 Å². The van der Waals surface area contributed by atoms with Crippen molar-refractivity contribution in [1.29, 1.82) is 0 Å². The van der Waals surface area contributed by atoms with Crippen molar-refractivity contribution < 1.29 is 23.2 Å². The third-order valence-electron chi connectivity index (χ3n) is 5.65. The van der Waals surface area contributed by atoms with E-state index in [0.29, 0.717) is 17.1 Å². The van der Waals surface area contributed by atoms with E-state index in [1.165, 1.54) is 21.7 Å². The summed E-state index contributed by atoms with van der Waals surface area (Å²) in [6, 6.07) is 6.19. The Hall–Kier alpha value is -3.60. The second kappa shape index (κ2) is 7.23. The van der Waals surface area contributed by atoms with Gasteiger partial charge in [-0.2, -0.15) is 5.10 Å². The third kappa shape index (κ3) is 3.25. The van der Waals surface area contributed by atoms with Crippen molar-refractivity contribution in [3.63, 3.8) is 0 Å². The lowest BCUT2D eigenvalue weighted by atomic mass is 9.89. The molecule has 1 spiro atoms. The number of benzene rings is 1. The Morgan fingerprint density at radius 2 is 2.19 bits per heavy atom. The molecule has 3 N–H and O–H groups in total. The van der Waals surface area contributed by atoms with E-state index in [4.69, 9.17) is 26.6 Å². The minimum Gasteiger partial charge on any atom is -0.436 e. The van der Waals surface area contributed by atoms with Gasteiger partial charge in [-0.05, 0) is 19.1 Å². The summed E-state index contributed by atoms with van der Waals surface area (Å²) in [7, 11) is 0. The third-order valence-corrected chi connectivity index (χ3v) is 5.94. The molecule has 12 heteroatoms. The van der Waals surface area contributed by atoms with Gasteiger partial charge in [0.2, 0.25) is 5.91 Å². The molecule has 3 aromatic rings. The van der Waals surface area contributed by atoms with Crippen molar-refractivity contribution in [2.45, 2.75) is 25.5 Å². The molecule has 166 valence electrons. The number of likely N-dealkylation sites (tertiary alicyclic amines) is 1. The summed E-state index contributed by atoms with van der Waals surface area (Å²) in [4.78, 5) is 26.6. The zero-order valence-electron chi connectivity index (χ0n) is 16.9. The van der Waals surface area contributed by atoms with Crippen LogP contribution in [0, 0.1) is 12.7 Å². The molecule has 1 fully saturated rings. The molecule has 0 unspecified atom stereocenters. The monoisotopic (exact) mass is 460 g/mol. The second-order valence-corrected chi connectivity index (χ2v) is 8.20. The van der Waals surface area contributed by atoms with Crippen LogP contribution in [-0.4, -0.2) is 44.9 Å². The van der Waals surface area contributed by atoms with Crippen LogP contribution in [0.25, 0.3) is 11.4 Å². The number of fused-ring (bicyclic) bond motifs is 2. The van der Waals surface area contributed by atoms with Crippen molar-refractivity contribution in [3.05, 3.63) is 46.4 Å². The van der Waals surface area contributed by atoms with Crippen LogP contribution in [0.3, 0.4) is 0 Å². The number of hydrogen-bond donors (Lipinski definition) is 2. The van der Waals surface area contributed by atoms with Gasteiger partial charge in [-0.3, -0.25) is 10.1 Å². The Morgan fingerprint density at radius 3 is 2.94 bits per heavy atom. The highest BCUT2D eigenvalue weighted by molar-refractivity contribution is 6.31. The van der Waals surface area contributed by atoms with Gasteiger partial charge in [-0.15, -0.1) is 0 Å². The van der Waals surface area contributed by atoms with Crippen molar-refractivity contribution in [2.24, 2.45) is 0 Å². The van der Waals surface area contributed by atoms with E-state index in [9.17, 15) is 14.0 Å².